The van der Waals surface area contributed by atoms with Crippen LogP contribution >= 0.6 is 11.3 Å². The van der Waals surface area contributed by atoms with Gasteiger partial charge in [-0.3, -0.25) is 4.79 Å². The molecule has 0 N–H and O–H groups in total. The predicted octanol–water partition coefficient (Wildman–Crippen LogP) is 4.44. The first-order chi connectivity index (χ1) is 12.0. The van der Waals surface area contributed by atoms with Crippen LogP contribution in [0.15, 0.2) is 35.7 Å². The number of hydrogen-bond donors (Lipinski definition) is 0. The number of hydrogen-bond acceptors (Lipinski definition) is 4. The molecule has 1 heterocycles. The van der Waals surface area contributed by atoms with Crippen molar-refractivity contribution in [2.24, 2.45) is 0 Å². The lowest BCUT2D eigenvalue weighted by Crippen LogP contribution is -2.37. The third kappa shape index (κ3) is 4.92. The van der Waals surface area contributed by atoms with E-state index in [2.05, 4.69) is 18.8 Å². The normalized spacial score (nSPS) is 14.2. The molecule has 132 valence electrons. The minimum atomic E-state index is 0.0850. The van der Waals surface area contributed by atoms with Gasteiger partial charge in [0.2, 0.25) is 5.91 Å². The molecule has 3 rings (SSSR count). The Morgan fingerprint density at radius 1 is 1.44 bits per heavy atom. The third-order valence-corrected chi connectivity index (χ3v) is 4.90. The minimum Gasteiger partial charge on any atom is -0.487 e. The number of carbonyl (C=O) groups is 1. The van der Waals surface area contributed by atoms with Crippen molar-refractivity contribution in [3.63, 3.8) is 0 Å². The van der Waals surface area contributed by atoms with Crippen LogP contribution in [0.5, 0.6) is 5.75 Å². The smallest absolute Gasteiger partial charge is 0.247 e. The van der Waals surface area contributed by atoms with Gasteiger partial charge in [-0.05, 0) is 57.4 Å². The van der Waals surface area contributed by atoms with Crippen molar-refractivity contribution in [2.75, 3.05) is 0 Å². The molecular weight excluding hydrogens is 332 g/mol. The Morgan fingerprint density at radius 2 is 2.24 bits per heavy atom. The fourth-order valence-corrected chi connectivity index (χ4v) is 3.40. The lowest BCUT2D eigenvalue weighted by atomic mass is 10.2. The molecule has 1 amide bonds. The van der Waals surface area contributed by atoms with E-state index in [4.69, 9.17) is 4.74 Å². The van der Waals surface area contributed by atoms with Crippen molar-refractivity contribution < 1.29 is 9.53 Å². The molecule has 0 saturated heterocycles. The zero-order valence-electron chi connectivity index (χ0n) is 14.9. The minimum absolute atomic E-state index is 0.0850. The first kappa shape index (κ1) is 17.7. The number of benzene rings is 1. The largest absolute Gasteiger partial charge is 0.487 e. The van der Waals surface area contributed by atoms with Crippen LogP contribution in [0.4, 0.5) is 0 Å². The molecule has 2 aromatic rings. The average Bonchev–Trinajstić information content (AvgIpc) is 3.32. The maximum absolute atomic E-state index is 12.4. The van der Waals surface area contributed by atoms with Gasteiger partial charge in [-0.2, -0.15) is 0 Å². The zero-order valence-corrected chi connectivity index (χ0v) is 15.8. The second-order valence-electron chi connectivity index (χ2n) is 6.62. The summed E-state index contributed by atoms with van der Waals surface area (Å²) in [5, 5.41) is 3.05. The quantitative estimate of drug-likeness (QED) is 0.689. The molecular formula is C20H24N2O2S. The molecule has 1 saturated carbocycles. The van der Waals surface area contributed by atoms with E-state index in [0.29, 0.717) is 12.6 Å². The summed E-state index contributed by atoms with van der Waals surface area (Å²) >= 11 is 1.62. The molecule has 0 spiro atoms. The van der Waals surface area contributed by atoms with Crippen LogP contribution in [-0.4, -0.2) is 27.9 Å². The molecule has 0 bridgehead atoms. The molecule has 0 radical (unpaired) electrons. The van der Waals surface area contributed by atoms with E-state index in [9.17, 15) is 4.79 Å². The van der Waals surface area contributed by atoms with Crippen LogP contribution in [0.25, 0.3) is 6.08 Å². The second-order valence-corrected chi connectivity index (χ2v) is 7.69. The standard InChI is InChI=1S/C20H24N2O2S/c1-14(2)22(18-8-9-18)20(23)10-7-16-5-4-6-19(11-16)24-12-17-13-25-15(3)21-17/h4-7,10-11,13-14,18H,8-9,12H2,1-3H3/b10-7+. The van der Waals surface area contributed by atoms with Gasteiger partial charge >= 0.3 is 0 Å². The highest BCUT2D eigenvalue weighted by Gasteiger charge is 2.33. The number of amides is 1. The Bertz CT molecular complexity index is 761. The van der Waals surface area contributed by atoms with Crippen LogP contribution in [0.3, 0.4) is 0 Å². The molecule has 1 aliphatic carbocycles. The lowest BCUT2D eigenvalue weighted by molar-refractivity contribution is -0.128. The monoisotopic (exact) mass is 356 g/mol. The molecule has 1 aromatic carbocycles. The Labute approximate surface area is 153 Å². The van der Waals surface area contributed by atoms with Gasteiger partial charge in [0.25, 0.3) is 0 Å². The molecule has 1 aliphatic rings. The summed E-state index contributed by atoms with van der Waals surface area (Å²) in [7, 11) is 0. The van der Waals surface area contributed by atoms with Crippen molar-refractivity contribution in [2.45, 2.75) is 52.3 Å². The summed E-state index contributed by atoms with van der Waals surface area (Å²) in [6, 6.07) is 8.44. The van der Waals surface area contributed by atoms with Crippen molar-refractivity contribution in [1.29, 1.82) is 0 Å². The van der Waals surface area contributed by atoms with Crippen LogP contribution in [0.2, 0.25) is 0 Å². The van der Waals surface area contributed by atoms with E-state index in [-0.39, 0.29) is 11.9 Å². The van der Waals surface area contributed by atoms with Crippen molar-refractivity contribution >= 4 is 23.3 Å². The highest BCUT2D eigenvalue weighted by Crippen LogP contribution is 2.29. The Kier molecular flexibility index (Phi) is 5.53. The summed E-state index contributed by atoms with van der Waals surface area (Å²) in [5.41, 5.74) is 1.90. The van der Waals surface area contributed by atoms with Gasteiger partial charge in [-0.1, -0.05) is 12.1 Å². The molecule has 0 aliphatic heterocycles. The highest BCUT2D eigenvalue weighted by molar-refractivity contribution is 7.09. The molecule has 0 unspecified atom stereocenters. The Hall–Kier alpha value is -2.14. The molecule has 4 nitrogen and oxygen atoms in total. The van der Waals surface area contributed by atoms with E-state index < -0.39 is 0 Å². The number of ether oxygens (including phenoxy) is 1. The first-order valence-corrected chi connectivity index (χ1v) is 9.55. The van der Waals surface area contributed by atoms with Gasteiger partial charge in [-0.25, -0.2) is 4.98 Å². The average molecular weight is 356 g/mol. The SMILES string of the molecule is Cc1nc(COc2cccc(/C=C/C(=O)N(C(C)C)C3CC3)c2)cs1. The number of nitrogens with zero attached hydrogens (tertiary/aromatic N) is 2. The summed E-state index contributed by atoms with van der Waals surface area (Å²) < 4.78 is 5.80. The van der Waals surface area contributed by atoms with Crippen LogP contribution in [-0.2, 0) is 11.4 Å². The van der Waals surface area contributed by atoms with Crippen LogP contribution in [0, 0.1) is 6.92 Å². The number of thiazole rings is 1. The van der Waals surface area contributed by atoms with Crippen LogP contribution < -0.4 is 4.74 Å². The fourth-order valence-electron chi connectivity index (χ4n) is 2.80. The third-order valence-electron chi connectivity index (χ3n) is 4.08. The van der Waals surface area contributed by atoms with E-state index in [1.165, 1.54) is 0 Å². The zero-order chi connectivity index (χ0) is 17.8. The van der Waals surface area contributed by atoms with Gasteiger partial charge in [0, 0.05) is 23.5 Å². The molecule has 0 atom stereocenters. The van der Waals surface area contributed by atoms with Crippen molar-refractivity contribution in [3.8, 4) is 5.75 Å². The summed E-state index contributed by atoms with van der Waals surface area (Å²) in [5.74, 6) is 0.866. The lowest BCUT2D eigenvalue weighted by Gasteiger charge is -2.25. The maximum atomic E-state index is 12.4. The summed E-state index contributed by atoms with van der Waals surface area (Å²) in [4.78, 5) is 18.8. The molecule has 5 heteroatoms. The van der Waals surface area contributed by atoms with Crippen molar-refractivity contribution in [3.05, 3.63) is 52.0 Å². The molecule has 1 aromatic heterocycles. The van der Waals surface area contributed by atoms with Gasteiger partial charge in [-0.15, -0.1) is 11.3 Å². The number of carbonyl (C=O) groups excluding carboxylic acids is 1. The van der Waals surface area contributed by atoms with Gasteiger partial charge in [0.15, 0.2) is 0 Å². The summed E-state index contributed by atoms with van der Waals surface area (Å²) in [6.07, 6.45) is 5.77. The summed E-state index contributed by atoms with van der Waals surface area (Å²) in [6.45, 7) is 6.58. The van der Waals surface area contributed by atoms with E-state index >= 15 is 0 Å². The second kappa shape index (κ2) is 7.83. The predicted molar refractivity (Wildman–Crippen MR) is 102 cm³/mol. The van der Waals surface area contributed by atoms with E-state index in [0.717, 1.165) is 34.9 Å². The Balaban J connectivity index is 1.61. The Morgan fingerprint density at radius 3 is 2.88 bits per heavy atom. The topological polar surface area (TPSA) is 42.4 Å². The van der Waals surface area contributed by atoms with Gasteiger partial charge in [0.1, 0.15) is 12.4 Å². The van der Waals surface area contributed by atoms with E-state index in [1.54, 1.807) is 17.4 Å². The van der Waals surface area contributed by atoms with Gasteiger partial charge < -0.3 is 9.64 Å². The maximum Gasteiger partial charge on any atom is 0.247 e. The number of rotatable bonds is 7. The fraction of sp³-hybridized carbons (Fsp3) is 0.400. The first-order valence-electron chi connectivity index (χ1n) is 8.67. The highest BCUT2D eigenvalue weighted by atomic mass is 32.1. The molecule has 25 heavy (non-hydrogen) atoms. The number of aryl methyl sites for hydroxylation is 1. The molecule has 1 fully saturated rings. The van der Waals surface area contributed by atoms with Crippen LogP contribution in [0.1, 0.15) is 43.0 Å². The van der Waals surface area contributed by atoms with Crippen molar-refractivity contribution in [1.82, 2.24) is 9.88 Å². The van der Waals surface area contributed by atoms with Gasteiger partial charge in [0.05, 0.1) is 10.7 Å². The van der Waals surface area contributed by atoms with E-state index in [1.807, 2.05) is 47.5 Å². The number of aromatic nitrogens is 1.